The highest BCUT2D eigenvalue weighted by atomic mass is 32.2. The van der Waals surface area contributed by atoms with E-state index in [0.29, 0.717) is 65.2 Å². The van der Waals surface area contributed by atoms with Crippen LogP contribution in [0.1, 0.15) is 98.9 Å². The third-order valence-corrected chi connectivity index (χ3v) is 13.5. The van der Waals surface area contributed by atoms with Crippen LogP contribution in [0.4, 0.5) is 23.1 Å². The summed E-state index contributed by atoms with van der Waals surface area (Å²) in [5, 5.41) is 17.0. The summed E-state index contributed by atoms with van der Waals surface area (Å²) in [6, 6.07) is 13.0. The fraction of sp³-hybridized carbons (Fsp3) is 0.500. The van der Waals surface area contributed by atoms with Gasteiger partial charge in [-0.3, -0.25) is 29.1 Å². The number of fused-ring (bicyclic) bond motifs is 4. The maximum atomic E-state index is 12.9. The van der Waals surface area contributed by atoms with Crippen LogP contribution in [0.25, 0.3) is 11.0 Å². The number of carbonyl (C=O) groups is 4. The van der Waals surface area contributed by atoms with Crippen LogP contribution >= 0.6 is 11.8 Å². The molecule has 4 amide bonds. The zero-order valence-electron chi connectivity index (χ0n) is 35.0. The normalized spacial score (nSPS) is 19.9. The van der Waals surface area contributed by atoms with E-state index in [1.54, 1.807) is 42.2 Å². The van der Waals surface area contributed by atoms with Crippen LogP contribution in [0.15, 0.2) is 59.9 Å². The van der Waals surface area contributed by atoms with Crippen LogP contribution in [0.3, 0.4) is 0 Å². The second kappa shape index (κ2) is 19.0. The Morgan fingerprint density at radius 2 is 1.70 bits per heavy atom. The molecule has 2 unspecified atom stereocenters. The number of unbranched alkanes of at least 4 members (excludes halogenated alkanes) is 3. The molecule has 0 bridgehead atoms. The van der Waals surface area contributed by atoms with Crippen molar-refractivity contribution in [3.05, 3.63) is 66.1 Å². The van der Waals surface area contributed by atoms with Crippen LogP contribution in [0, 0.1) is 0 Å². The van der Waals surface area contributed by atoms with Crippen LogP contribution in [0.2, 0.25) is 0 Å². The smallest absolute Gasteiger partial charge is 0.268 e. The molecule has 322 valence electrons. The highest BCUT2D eigenvalue weighted by Crippen LogP contribution is 2.40. The summed E-state index contributed by atoms with van der Waals surface area (Å²) >= 11 is 1.54. The maximum Gasteiger partial charge on any atom is 0.268 e. The Bertz CT molecular complexity index is 2270. The van der Waals surface area contributed by atoms with Crippen LogP contribution in [-0.4, -0.2) is 110 Å². The lowest BCUT2D eigenvalue weighted by molar-refractivity contribution is -0.122. The lowest BCUT2D eigenvalue weighted by atomic mass is 9.80. The summed E-state index contributed by atoms with van der Waals surface area (Å²) < 4.78 is 2.17. The summed E-state index contributed by atoms with van der Waals surface area (Å²) in [5.41, 5.74) is 3.20. The van der Waals surface area contributed by atoms with Crippen LogP contribution in [0.5, 0.6) is 0 Å². The van der Waals surface area contributed by atoms with Crippen molar-refractivity contribution in [3.63, 3.8) is 0 Å². The van der Waals surface area contributed by atoms with Gasteiger partial charge in [-0.2, -0.15) is 4.98 Å². The van der Waals surface area contributed by atoms with Crippen molar-refractivity contribution in [2.75, 3.05) is 61.3 Å². The quantitative estimate of drug-likeness (QED) is 0.102. The number of nitrogens with zero attached hydrogens (tertiary/aromatic N) is 7. The molecule has 1 aliphatic carbocycles. The second-order valence-electron chi connectivity index (χ2n) is 16.7. The van der Waals surface area contributed by atoms with Gasteiger partial charge in [0.2, 0.25) is 17.8 Å². The number of amidine groups is 1. The molecule has 4 aromatic rings. The van der Waals surface area contributed by atoms with E-state index in [2.05, 4.69) is 62.8 Å². The summed E-state index contributed by atoms with van der Waals surface area (Å²) in [6.07, 6.45) is 12.9. The number of amides is 4. The third kappa shape index (κ3) is 9.99. The van der Waals surface area contributed by atoms with Crippen molar-refractivity contribution in [2.24, 2.45) is 4.99 Å². The van der Waals surface area contributed by atoms with E-state index in [1.807, 2.05) is 31.3 Å². The molecule has 0 radical (unpaired) electrons. The van der Waals surface area contributed by atoms with Gasteiger partial charge in [-0.1, -0.05) is 62.9 Å². The lowest BCUT2D eigenvalue weighted by Gasteiger charge is -2.42. The first-order chi connectivity index (χ1) is 29.6. The predicted octanol–water partition coefficient (Wildman–Crippen LogP) is 5.41. The molecule has 16 nitrogen and oxygen atoms in total. The maximum absolute atomic E-state index is 12.9. The number of carbonyl (C=O) groups excluding carboxylic acids is 4. The monoisotopic (exact) mass is 848 g/mol. The summed E-state index contributed by atoms with van der Waals surface area (Å²) in [5.74, 6) is 0.623. The highest BCUT2D eigenvalue weighted by molar-refractivity contribution is 8.14. The van der Waals surface area contributed by atoms with Gasteiger partial charge in [0.25, 0.3) is 11.8 Å². The highest BCUT2D eigenvalue weighted by Gasteiger charge is 2.41. The summed E-state index contributed by atoms with van der Waals surface area (Å²) in [7, 11) is 0. The van der Waals surface area contributed by atoms with Gasteiger partial charge in [-0.15, -0.1) is 0 Å². The predicted molar refractivity (Wildman–Crippen MR) is 240 cm³/mol. The van der Waals surface area contributed by atoms with Gasteiger partial charge >= 0.3 is 0 Å². The van der Waals surface area contributed by atoms with E-state index >= 15 is 0 Å². The van der Waals surface area contributed by atoms with Crippen molar-refractivity contribution < 1.29 is 19.2 Å². The molecule has 3 aromatic heterocycles. The minimum Gasteiger partial charge on any atom is -0.368 e. The van der Waals surface area contributed by atoms with E-state index in [4.69, 9.17) is 4.98 Å². The number of hydrogen-bond acceptors (Lipinski definition) is 12. The van der Waals surface area contributed by atoms with Crippen LogP contribution < -0.4 is 31.5 Å². The molecule has 1 saturated carbocycles. The molecular formula is C44H56N12O4S. The lowest BCUT2D eigenvalue weighted by Crippen LogP contribution is -2.52. The molecule has 17 heteroatoms. The van der Waals surface area contributed by atoms with E-state index in [-0.39, 0.29) is 35.2 Å². The first-order valence-electron chi connectivity index (χ1n) is 21.7. The molecular weight excluding hydrogens is 793 g/mol. The molecule has 1 saturated heterocycles. The molecule has 3 aliphatic heterocycles. The number of hydrogen-bond donors (Lipinski definition) is 5. The van der Waals surface area contributed by atoms with Gasteiger partial charge in [-0.25, -0.2) is 9.97 Å². The van der Waals surface area contributed by atoms with E-state index in [9.17, 15) is 19.2 Å². The van der Waals surface area contributed by atoms with Gasteiger partial charge in [0.1, 0.15) is 17.2 Å². The Labute approximate surface area is 360 Å². The molecule has 1 spiro atoms. The zero-order chi connectivity index (χ0) is 42.3. The SMILES string of the molecule is CC1N=C(NC(=O)c2ccccc2NC(=O)CCCCCCNC(=O)CN2CCN(c3ccc(Nc4ncc5cc6n(c5n4)C4(CCCCC4)CNC6=O)nc3)CC2)SC1C. The van der Waals surface area contributed by atoms with E-state index in [1.165, 1.54) is 6.42 Å². The molecule has 61 heavy (non-hydrogen) atoms. The Kier molecular flexibility index (Phi) is 13.1. The number of aromatic nitrogens is 4. The molecule has 5 N–H and O–H groups in total. The van der Waals surface area contributed by atoms with Gasteiger partial charge in [0.05, 0.1) is 41.3 Å². The Hall–Kier alpha value is -5.55. The average Bonchev–Trinajstić information content (AvgIpc) is 3.81. The number of aliphatic imine (C=N–C) groups is 1. The number of pyridine rings is 1. The number of para-hydroxylation sites is 1. The Morgan fingerprint density at radius 3 is 2.48 bits per heavy atom. The average molecular weight is 849 g/mol. The van der Waals surface area contributed by atoms with Crippen molar-refractivity contribution in [1.82, 2.24) is 40.4 Å². The van der Waals surface area contributed by atoms with Crippen LogP contribution in [-0.2, 0) is 15.1 Å². The fourth-order valence-corrected chi connectivity index (χ4v) is 9.71. The van der Waals surface area contributed by atoms with E-state index < -0.39 is 0 Å². The van der Waals surface area contributed by atoms with Gasteiger partial charge < -0.3 is 36.1 Å². The second-order valence-corrected chi connectivity index (χ2v) is 18.0. The number of piperazine rings is 1. The van der Waals surface area contributed by atoms with Gasteiger partial charge in [0, 0.05) is 62.5 Å². The zero-order valence-corrected chi connectivity index (χ0v) is 35.9. The van der Waals surface area contributed by atoms with Crippen molar-refractivity contribution in [2.45, 2.75) is 94.9 Å². The number of thioether (sulfide) groups is 1. The number of nitrogens with one attached hydrogen (secondary N) is 5. The minimum atomic E-state index is -0.287. The molecule has 2 fully saturated rings. The first-order valence-corrected chi connectivity index (χ1v) is 22.6. The number of rotatable bonds is 14. The summed E-state index contributed by atoms with van der Waals surface area (Å²) in [4.78, 5) is 74.2. The van der Waals surface area contributed by atoms with Crippen molar-refractivity contribution in [3.8, 4) is 0 Å². The first kappa shape index (κ1) is 42.2. The number of benzene rings is 1. The van der Waals surface area contributed by atoms with Crippen molar-refractivity contribution in [1.29, 1.82) is 0 Å². The molecule has 1 aromatic carbocycles. The van der Waals surface area contributed by atoms with Gasteiger partial charge in [0.15, 0.2) is 5.17 Å². The molecule has 6 heterocycles. The fourth-order valence-electron chi connectivity index (χ4n) is 8.72. The molecule has 8 rings (SSSR count). The minimum absolute atomic E-state index is 0.0217. The number of anilines is 4. The standard InChI is InChI=1S/C44H56N12O4S/c1-29-30(2)61-43(49-29)53-40(59)33-12-7-8-13-34(33)50-37(57)14-6-3-4-11-19-45-38(58)27-54-20-22-55(23-21-54)32-15-16-36(46-26-32)51-42-47-25-31-24-35-41(60)48-28-44(17-9-5-10-18-44)56(35)39(31)52-42/h7-8,12-13,15-16,24-26,29-30H,3-6,9-11,14,17-23,27-28H2,1-2H3,(H,45,58)(H,48,60)(H,50,57)(H,49,53,59)(H,46,47,51,52). The summed E-state index contributed by atoms with van der Waals surface area (Å²) in [6.45, 7) is 8.81. The van der Waals surface area contributed by atoms with Crippen molar-refractivity contribution >= 4 is 74.7 Å². The van der Waals surface area contributed by atoms with Gasteiger partial charge in [-0.05, 0) is 62.9 Å². The molecule has 4 aliphatic rings. The Balaban J connectivity index is 0.713. The van der Waals surface area contributed by atoms with E-state index in [0.717, 1.165) is 94.3 Å². The molecule has 2 atom stereocenters. The topological polar surface area (TPSA) is 191 Å². The third-order valence-electron chi connectivity index (χ3n) is 12.3. The largest absolute Gasteiger partial charge is 0.368 e. The Morgan fingerprint density at radius 1 is 0.902 bits per heavy atom.